The topological polar surface area (TPSA) is 20.2 Å². The Bertz CT molecular complexity index is 352. The molecule has 0 saturated carbocycles. The molecule has 0 amide bonds. The molecular weight excluding hydrogens is 172 g/mol. The molecule has 1 nitrogen and oxygen atoms in total. The van der Waals surface area contributed by atoms with Crippen LogP contribution in [0.15, 0.2) is 24.8 Å². The van der Waals surface area contributed by atoms with Gasteiger partial charge in [0, 0.05) is 0 Å². The summed E-state index contributed by atoms with van der Waals surface area (Å²) in [7, 11) is 0. The minimum atomic E-state index is 0.516. The van der Waals surface area contributed by atoms with Crippen molar-refractivity contribution in [2.24, 2.45) is 0 Å². The number of allylic oxidation sites excluding steroid dienone is 1. The molecule has 2 rings (SSSR count). The Hall–Kier alpha value is -1.24. The first kappa shape index (κ1) is 9.32. The van der Waals surface area contributed by atoms with Gasteiger partial charge in [0.2, 0.25) is 0 Å². The number of benzene rings is 1. The van der Waals surface area contributed by atoms with E-state index in [1.54, 1.807) is 0 Å². The first-order valence-electron chi connectivity index (χ1n) is 5.26. The highest BCUT2D eigenvalue weighted by Gasteiger charge is 2.14. The Balaban J connectivity index is 2.43. The van der Waals surface area contributed by atoms with Crippen molar-refractivity contribution in [3.05, 3.63) is 41.5 Å². The van der Waals surface area contributed by atoms with E-state index in [0.717, 1.165) is 24.8 Å². The van der Waals surface area contributed by atoms with E-state index in [0.29, 0.717) is 5.75 Å². The molecule has 0 heterocycles. The molecule has 0 aliphatic heterocycles. The predicted molar refractivity (Wildman–Crippen MR) is 58.6 cm³/mol. The van der Waals surface area contributed by atoms with Crippen LogP contribution in [0.4, 0.5) is 0 Å². The van der Waals surface area contributed by atoms with E-state index in [1.165, 1.54) is 24.0 Å². The van der Waals surface area contributed by atoms with Crippen molar-refractivity contribution >= 4 is 0 Å². The van der Waals surface area contributed by atoms with E-state index in [2.05, 4.69) is 12.6 Å². The Kier molecular flexibility index (Phi) is 2.58. The van der Waals surface area contributed by atoms with Gasteiger partial charge in [0.05, 0.1) is 0 Å². The van der Waals surface area contributed by atoms with Gasteiger partial charge >= 0.3 is 0 Å². The lowest BCUT2D eigenvalue weighted by Gasteiger charge is -2.18. The van der Waals surface area contributed by atoms with Gasteiger partial charge in [-0.3, -0.25) is 0 Å². The van der Waals surface area contributed by atoms with Crippen LogP contribution in [0.25, 0.3) is 0 Å². The summed E-state index contributed by atoms with van der Waals surface area (Å²) in [6.45, 7) is 3.70. The summed E-state index contributed by atoms with van der Waals surface area (Å²) in [5.74, 6) is 0.516. The molecular formula is C13H16O. The van der Waals surface area contributed by atoms with Crippen LogP contribution in [-0.4, -0.2) is 5.11 Å². The normalized spacial score (nSPS) is 14.9. The number of rotatable bonds is 2. The minimum Gasteiger partial charge on any atom is -0.507 e. The maximum absolute atomic E-state index is 10.0. The van der Waals surface area contributed by atoms with E-state index < -0.39 is 0 Å². The van der Waals surface area contributed by atoms with Gasteiger partial charge in [0.15, 0.2) is 0 Å². The maximum atomic E-state index is 10.0. The SMILES string of the molecule is C=CCc1ccc2c(c1O)CCCC2. The molecule has 1 aliphatic carbocycles. The number of hydrogen-bond donors (Lipinski definition) is 1. The standard InChI is InChI=1S/C13H16O/c1-2-5-11-9-8-10-6-3-4-7-12(10)13(11)14/h2,8-9,14H,1,3-7H2. The second-order valence-corrected chi connectivity index (χ2v) is 3.91. The molecule has 1 heteroatoms. The van der Waals surface area contributed by atoms with Gasteiger partial charge in [0.1, 0.15) is 5.75 Å². The van der Waals surface area contributed by atoms with Gasteiger partial charge in [0.25, 0.3) is 0 Å². The molecule has 1 aliphatic rings. The number of hydrogen-bond acceptors (Lipinski definition) is 1. The van der Waals surface area contributed by atoms with Crippen molar-refractivity contribution in [2.45, 2.75) is 32.1 Å². The van der Waals surface area contributed by atoms with Crippen LogP contribution in [0.1, 0.15) is 29.5 Å². The third kappa shape index (κ3) is 1.54. The van der Waals surface area contributed by atoms with Gasteiger partial charge in [-0.1, -0.05) is 18.2 Å². The lowest BCUT2D eigenvalue weighted by Crippen LogP contribution is -2.03. The lowest BCUT2D eigenvalue weighted by atomic mass is 9.89. The van der Waals surface area contributed by atoms with Crippen LogP contribution in [0, 0.1) is 0 Å². The van der Waals surface area contributed by atoms with Gasteiger partial charge in [-0.15, -0.1) is 6.58 Å². The molecule has 1 N–H and O–H groups in total. The summed E-state index contributed by atoms with van der Waals surface area (Å²) in [5.41, 5.74) is 3.53. The lowest BCUT2D eigenvalue weighted by molar-refractivity contribution is 0.456. The molecule has 0 atom stereocenters. The average molecular weight is 188 g/mol. The Labute approximate surface area is 85.1 Å². The van der Waals surface area contributed by atoms with Crippen LogP contribution in [0.3, 0.4) is 0 Å². The van der Waals surface area contributed by atoms with Gasteiger partial charge in [-0.05, 0) is 48.8 Å². The second-order valence-electron chi connectivity index (χ2n) is 3.91. The summed E-state index contributed by atoms with van der Waals surface area (Å²) in [4.78, 5) is 0. The van der Waals surface area contributed by atoms with Crippen LogP contribution in [0.5, 0.6) is 5.75 Å². The van der Waals surface area contributed by atoms with Crippen molar-refractivity contribution in [3.63, 3.8) is 0 Å². The molecule has 0 radical (unpaired) electrons. The zero-order valence-electron chi connectivity index (χ0n) is 8.42. The summed E-state index contributed by atoms with van der Waals surface area (Å²) < 4.78 is 0. The Morgan fingerprint density at radius 3 is 2.86 bits per heavy atom. The first-order chi connectivity index (χ1) is 6.83. The zero-order chi connectivity index (χ0) is 9.97. The molecule has 0 saturated heterocycles. The van der Waals surface area contributed by atoms with E-state index in [9.17, 15) is 5.11 Å². The summed E-state index contributed by atoms with van der Waals surface area (Å²) in [6, 6.07) is 4.19. The highest BCUT2D eigenvalue weighted by molar-refractivity contribution is 5.47. The fourth-order valence-corrected chi connectivity index (χ4v) is 2.18. The number of phenols is 1. The molecule has 1 aromatic carbocycles. The third-order valence-electron chi connectivity index (χ3n) is 2.95. The van der Waals surface area contributed by atoms with Gasteiger partial charge < -0.3 is 5.11 Å². The first-order valence-corrected chi connectivity index (χ1v) is 5.26. The largest absolute Gasteiger partial charge is 0.507 e. The molecule has 0 unspecified atom stereocenters. The highest BCUT2D eigenvalue weighted by Crippen LogP contribution is 2.32. The van der Waals surface area contributed by atoms with Crippen molar-refractivity contribution in [1.29, 1.82) is 0 Å². The summed E-state index contributed by atoms with van der Waals surface area (Å²) >= 11 is 0. The van der Waals surface area contributed by atoms with Crippen LogP contribution >= 0.6 is 0 Å². The van der Waals surface area contributed by atoms with Crippen molar-refractivity contribution < 1.29 is 5.11 Å². The van der Waals surface area contributed by atoms with E-state index in [1.807, 2.05) is 12.1 Å². The number of aryl methyl sites for hydroxylation is 1. The van der Waals surface area contributed by atoms with Crippen molar-refractivity contribution in [1.82, 2.24) is 0 Å². The maximum Gasteiger partial charge on any atom is 0.122 e. The molecule has 0 spiro atoms. The minimum absolute atomic E-state index is 0.516. The zero-order valence-corrected chi connectivity index (χ0v) is 8.42. The summed E-state index contributed by atoms with van der Waals surface area (Å²) in [5, 5.41) is 10.0. The molecule has 14 heavy (non-hydrogen) atoms. The third-order valence-corrected chi connectivity index (χ3v) is 2.95. The van der Waals surface area contributed by atoms with Crippen molar-refractivity contribution in [3.8, 4) is 5.75 Å². The van der Waals surface area contributed by atoms with E-state index in [4.69, 9.17) is 0 Å². The van der Waals surface area contributed by atoms with Gasteiger partial charge in [-0.2, -0.15) is 0 Å². The number of fused-ring (bicyclic) bond motifs is 1. The molecule has 0 bridgehead atoms. The Morgan fingerprint density at radius 1 is 1.29 bits per heavy atom. The quantitative estimate of drug-likeness (QED) is 0.707. The fourth-order valence-electron chi connectivity index (χ4n) is 2.18. The smallest absolute Gasteiger partial charge is 0.122 e. The molecule has 0 aromatic heterocycles. The average Bonchev–Trinajstić information content (AvgIpc) is 2.23. The summed E-state index contributed by atoms with van der Waals surface area (Å²) in [6.07, 6.45) is 7.22. The van der Waals surface area contributed by atoms with Crippen LogP contribution in [-0.2, 0) is 19.3 Å². The van der Waals surface area contributed by atoms with Gasteiger partial charge in [-0.25, -0.2) is 0 Å². The molecule has 74 valence electrons. The van der Waals surface area contributed by atoms with Crippen LogP contribution < -0.4 is 0 Å². The monoisotopic (exact) mass is 188 g/mol. The van der Waals surface area contributed by atoms with Crippen molar-refractivity contribution in [2.75, 3.05) is 0 Å². The molecule has 1 aromatic rings. The van der Waals surface area contributed by atoms with E-state index >= 15 is 0 Å². The molecule has 0 fully saturated rings. The second kappa shape index (κ2) is 3.87. The fraction of sp³-hybridized carbons (Fsp3) is 0.385. The number of aromatic hydroxyl groups is 1. The van der Waals surface area contributed by atoms with E-state index in [-0.39, 0.29) is 0 Å². The predicted octanol–water partition coefficient (Wildman–Crippen LogP) is 3.00. The number of phenolic OH excluding ortho intramolecular Hbond substituents is 1. The van der Waals surface area contributed by atoms with Crippen LogP contribution in [0.2, 0.25) is 0 Å². The highest BCUT2D eigenvalue weighted by atomic mass is 16.3. The Morgan fingerprint density at radius 2 is 2.07 bits per heavy atom.